The molecule has 3 aliphatic carbocycles. The number of carbonyl (C=O) groups is 2. The van der Waals surface area contributed by atoms with Crippen LogP contribution in [0.3, 0.4) is 0 Å². The van der Waals surface area contributed by atoms with Crippen LogP contribution in [0.25, 0.3) is 0 Å². The molecule has 214 valence electrons. The first-order valence-electron chi connectivity index (χ1n) is 13.0. The zero-order valence-corrected chi connectivity index (χ0v) is 22.9. The van der Waals surface area contributed by atoms with Crippen molar-refractivity contribution >= 4 is 38.9 Å². The van der Waals surface area contributed by atoms with E-state index in [1.54, 1.807) is 0 Å². The number of allylic oxidation sites excluding steroid dienone is 2. The lowest BCUT2D eigenvalue weighted by atomic mass is 9.74. The number of halogens is 4. The van der Waals surface area contributed by atoms with Crippen LogP contribution in [0.2, 0.25) is 5.02 Å². The number of benzene rings is 2. The number of anilines is 1. The van der Waals surface area contributed by atoms with Crippen LogP contribution in [-0.4, -0.2) is 42.7 Å². The van der Waals surface area contributed by atoms with Crippen molar-refractivity contribution in [3.05, 3.63) is 70.5 Å². The summed E-state index contributed by atoms with van der Waals surface area (Å²) in [5, 5.41) is 15.6. The third-order valence-corrected chi connectivity index (χ3v) is 11.1. The normalized spacial score (nSPS) is 26.2. The Morgan fingerprint density at radius 3 is 2.20 bits per heavy atom. The average Bonchev–Trinajstić information content (AvgIpc) is 3.48. The van der Waals surface area contributed by atoms with Gasteiger partial charge in [0.1, 0.15) is 0 Å². The monoisotopic (exact) mass is 596 g/mol. The highest BCUT2D eigenvalue weighted by Crippen LogP contribution is 2.52. The molecule has 1 unspecified atom stereocenters. The van der Waals surface area contributed by atoms with Crippen molar-refractivity contribution in [2.75, 3.05) is 11.9 Å². The van der Waals surface area contributed by atoms with Crippen LogP contribution < -0.4 is 10.6 Å². The highest BCUT2D eigenvalue weighted by molar-refractivity contribution is 7.92. The van der Waals surface area contributed by atoms with E-state index in [0.717, 1.165) is 6.07 Å². The Hall–Kier alpha value is -2.89. The van der Waals surface area contributed by atoms with Crippen LogP contribution in [0.1, 0.15) is 48.9 Å². The van der Waals surface area contributed by atoms with E-state index in [9.17, 15) is 36.3 Å². The van der Waals surface area contributed by atoms with Gasteiger partial charge in [0.2, 0.25) is 5.91 Å². The molecule has 4 atom stereocenters. The maximum Gasteiger partial charge on any atom is 0.255 e. The van der Waals surface area contributed by atoms with Crippen molar-refractivity contribution in [1.29, 1.82) is 0 Å². The Morgan fingerprint density at radius 1 is 1.00 bits per heavy atom. The van der Waals surface area contributed by atoms with Gasteiger partial charge >= 0.3 is 0 Å². The predicted octanol–water partition coefficient (Wildman–Crippen LogP) is 4.79. The molecular formula is C28H28ClF3N2O5S. The van der Waals surface area contributed by atoms with Gasteiger partial charge in [0.25, 0.3) is 5.91 Å². The van der Waals surface area contributed by atoms with Crippen molar-refractivity contribution in [3.8, 4) is 0 Å². The lowest BCUT2D eigenvalue weighted by Gasteiger charge is -2.42. The van der Waals surface area contributed by atoms with Crippen LogP contribution in [0.5, 0.6) is 0 Å². The van der Waals surface area contributed by atoms with E-state index in [4.69, 9.17) is 11.6 Å². The van der Waals surface area contributed by atoms with Gasteiger partial charge in [0.15, 0.2) is 27.3 Å². The molecule has 0 aliphatic heterocycles. The molecule has 3 aliphatic rings. The largest absolute Gasteiger partial charge is 0.387 e. The summed E-state index contributed by atoms with van der Waals surface area (Å²) in [5.41, 5.74) is -1.69. The minimum Gasteiger partial charge on any atom is -0.387 e. The second-order valence-electron chi connectivity index (χ2n) is 10.8. The summed E-state index contributed by atoms with van der Waals surface area (Å²) in [4.78, 5) is 25.0. The molecule has 0 heterocycles. The number of amides is 2. The molecule has 0 saturated heterocycles. The lowest BCUT2D eigenvalue weighted by molar-refractivity contribution is -0.127. The number of carbonyl (C=O) groups excluding carboxylic acids is 2. The zero-order valence-electron chi connectivity index (χ0n) is 21.3. The van der Waals surface area contributed by atoms with Crippen LogP contribution in [0.15, 0.2) is 47.4 Å². The van der Waals surface area contributed by atoms with E-state index < -0.39 is 44.0 Å². The number of hydrogen-bond acceptors (Lipinski definition) is 5. The molecule has 0 radical (unpaired) electrons. The predicted molar refractivity (Wildman–Crippen MR) is 142 cm³/mol. The van der Waals surface area contributed by atoms with Crippen LogP contribution in [-0.2, 0) is 14.6 Å². The van der Waals surface area contributed by atoms with Crippen molar-refractivity contribution < 1.29 is 36.3 Å². The molecule has 0 aromatic heterocycles. The topological polar surface area (TPSA) is 113 Å². The quantitative estimate of drug-likeness (QED) is 0.314. The fourth-order valence-electron chi connectivity index (χ4n) is 6.23. The molecule has 2 aromatic rings. The van der Waals surface area contributed by atoms with Crippen molar-refractivity contribution in [2.24, 2.45) is 17.8 Å². The molecule has 2 aromatic carbocycles. The third kappa shape index (κ3) is 5.26. The molecule has 2 amide bonds. The molecule has 2 fully saturated rings. The van der Waals surface area contributed by atoms with E-state index in [0.29, 0.717) is 37.8 Å². The summed E-state index contributed by atoms with van der Waals surface area (Å²) < 4.78 is 67.8. The minimum absolute atomic E-state index is 0.0609. The maximum absolute atomic E-state index is 13.7. The smallest absolute Gasteiger partial charge is 0.255 e. The molecular weight excluding hydrogens is 569 g/mol. The van der Waals surface area contributed by atoms with Crippen LogP contribution in [0, 0.1) is 35.2 Å². The third-order valence-electron chi connectivity index (χ3n) is 8.48. The molecule has 2 bridgehead atoms. The first kappa shape index (κ1) is 28.6. The van der Waals surface area contributed by atoms with Gasteiger partial charge in [0, 0.05) is 35.8 Å². The van der Waals surface area contributed by atoms with Gasteiger partial charge in [-0.1, -0.05) is 23.8 Å². The Bertz CT molecular complexity index is 1450. The zero-order chi connectivity index (χ0) is 28.8. The first-order chi connectivity index (χ1) is 18.9. The molecule has 12 heteroatoms. The van der Waals surface area contributed by atoms with Gasteiger partial charge in [-0.3, -0.25) is 9.59 Å². The molecule has 3 N–H and O–H groups in total. The maximum atomic E-state index is 13.7. The Kier molecular flexibility index (Phi) is 7.75. The summed E-state index contributed by atoms with van der Waals surface area (Å²) in [6.45, 7) is 0.0609. The number of fused-ring (bicyclic) bond motifs is 2. The van der Waals surface area contributed by atoms with Crippen LogP contribution in [0.4, 0.5) is 18.9 Å². The standard InChI is InChI=1S/C28H28ClF3N2O5S/c29-21-8-5-16(27(36)34-19-12-22(30)25(32)23(31)13-19)9-24(21)40(38,39)20-10-17-6-7-18(11-20)28(17,37)14-33-26(35)15-3-1-2-4-15/h1-2,5,8-9,12-13,15,17-18,20,37H,3-4,6-7,10-11,14H2,(H,33,35)(H,34,36)/t17-,18?,20-,28-/m0/s1. The van der Waals surface area contributed by atoms with E-state index >= 15 is 0 Å². The lowest BCUT2D eigenvalue weighted by Crippen LogP contribution is -2.55. The van der Waals surface area contributed by atoms with Crippen LogP contribution >= 0.6 is 11.6 Å². The summed E-state index contributed by atoms with van der Waals surface area (Å²) in [7, 11) is -4.05. The Labute approximate surface area is 234 Å². The average molecular weight is 597 g/mol. The molecule has 7 nitrogen and oxygen atoms in total. The number of sulfone groups is 1. The number of hydrogen-bond donors (Lipinski definition) is 3. The first-order valence-corrected chi connectivity index (χ1v) is 15.0. The fraction of sp³-hybridized carbons (Fsp3) is 0.429. The van der Waals surface area contributed by atoms with E-state index in [-0.39, 0.29) is 64.2 Å². The summed E-state index contributed by atoms with van der Waals surface area (Å²) in [5.74, 6) is -6.49. The highest BCUT2D eigenvalue weighted by Gasteiger charge is 2.55. The fourth-order valence-corrected chi connectivity index (χ4v) is 8.63. The Morgan fingerprint density at radius 2 is 1.60 bits per heavy atom. The van der Waals surface area contributed by atoms with Gasteiger partial charge in [0.05, 0.1) is 20.8 Å². The highest BCUT2D eigenvalue weighted by atomic mass is 35.5. The number of nitrogens with one attached hydrogen (secondary N) is 2. The van der Waals surface area contributed by atoms with Gasteiger partial charge in [-0.05, 0) is 68.6 Å². The minimum atomic E-state index is -4.05. The second kappa shape index (κ2) is 10.8. The summed E-state index contributed by atoms with van der Waals surface area (Å²) >= 11 is 6.26. The van der Waals surface area contributed by atoms with E-state index in [2.05, 4.69) is 10.6 Å². The van der Waals surface area contributed by atoms with Crippen molar-refractivity contribution in [2.45, 2.75) is 54.3 Å². The van der Waals surface area contributed by atoms with Gasteiger partial charge in [-0.15, -0.1) is 0 Å². The number of rotatable bonds is 7. The summed E-state index contributed by atoms with van der Waals surface area (Å²) in [6, 6.07) is 4.82. The SMILES string of the molecule is O=C(Nc1cc(F)c(F)c(F)c1)c1ccc(Cl)c(S(=O)(=O)[C@@H]2CC3CC[C@@H](C2)[C@@]3(O)CNC(=O)C2CC=CC2)c1. The number of aliphatic hydroxyl groups is 1. The van der Waals surface area contributed by atoms with E-state index in [1.807, 2.05) is 12.2 Å². The molecule has 5 rings (SSSR count). The Balaban J connectivity index is 1.31. The molecule has 2 saturated carbocycles. The summed E-state index contributed by atoms with van der Waals surface area (Å²) in [6.07, 6.45) is 6.79. The second-order valence-corrected chi connectivity index (χ2v) is 13.4. The van der Waals surface area contributed by atoms with Gasteiger partial charge in [-0.25, -0.2) is 21.6 Å². The van der Waals surface area contributed by atoms with Crippen molar-refractivity contribution in [1.82, 2.24) is 5.32 Å². The van der Waals surface area contributed by atoms with Gasteiger partial charge in [-0.2, -0.15) is 0 Å². The van der Waals surface area contributed by atoms with Gasteiger partial charge < -0.3 is 15.7 Å². The molecule has 40 heavy (non-hydrogen) atoms. The van der Waals surface area contributed by atoms with E-state index in [1.165, 1.54) is 12.1 Å². The molecule has 0 spiro atoms. The van der Waals surface area contributed by atoms with Crippen molar-refractivity contribution in [3.63, 3.8) is 0 Å².